The Morgan fingerprint density at radius 3 is 2.71 bits per heavy atom. The maximum atomic E-state index is 10.1. The molecule has 2 rings (SSSR count). The van der Waals surface area contributed by atoms with Gasteiger partial charge < -0.3 is 9.84 Å². The normalized spacial score (nSPS) is 19.7. The van der Waals surface area contributed by atoms with Gasteiger partial charge in [-0.1, -0.05) is 29.8 Å². The highest BCUT2D eigenvalue weighted by atomic mass is 16.5. The van der Waals surface area contributed by atoms with Crippen molar-refractivity contribution in [3.8, 4) is 0 Å². The Bertz CT molecular complexity index is 363. The molecule has 0 heterocycles. The lowest BCUT2D eigenvalue weighted by molar-refractivity contribution is -0.0989. The third kappa shape index (κ3) is 3.08. The Hall–Kier alpha value is -0.860. The third-order valence-corrected chi connectivity index (χ3v) is 3.86. The third-order valence-electron chi connectivity index (χ3n) is 3.86. The van der Waals surface area contributed by atoms with Gasteiger partial charge in [-0.2, -0.15) is 0 Å². The van der Waals surface area contributed by atoms with Gasteiger partial charge in [-0.3, -0.25) is 0 Å². The first-order chi connectivity index (χ1) is 8.13. The molecule has 17 heavy (non-hydrogen) atoms. The molecule has 2 heteroatoms. The van der Waals surface area contributed by atoms with Crippen LogP contribution in [0.25, 0.3) is 0 Å². The van der Waals surface area contributed by atoms with Crippen LogP contribution in [0.5, 0.6) is 0 Å². The highest BCUT2D eigenvalue weighted by Gasteiger charge is 2.38. The van der Waals surface area contributed by atoms with E-state index in [0.717, 1.165) is 25.7 Å². The Labute approximate surface area is 104 Å². The van der Waals surface area contributed by atoms with Crippen molar-refractivity contribution in [2.75, 3.05) is 7.11 Å². The molecule has 0 amide bonds. The largest absolute Gasteiger partial charge is 0.393 e. The van der Waals surface area contributed by atoms with Crippen LogP contribution in [0.2, 0.25) is 0 Å². The first-order valence-corrected chi connectivity index (χ1v) is 6.42. The van der Waals surface area contributed by atoms with Gasteiger partial charge in [0.15, 0.2) is 0 Å². The molecule has 1 aliphatic rings. The van der Waals surface area contributed by atoms with Crippen LogP contribution in [0.1, 0.15) is 36.8 Å². The summed E-state index contributed by atoms with van der Waals surface area (Å²) in [5, 5.41) is 10.1. The van der Waals surface area contributed by atoms with Crippen LogP contribution >= 0.6 is 0 Å². The van der Waals surface area contributed by atoms with E-state index >= 15 is 0 Å². The van der Waals surface area contributed by atoms with E-state index in [-0.39, 0.29) is 11.7 Å². The monoisotopic (exact) mass is 234 g/mol. The summed E-state index contributed by atoms with van der Waals surface area (Å²) in [7, 11) is 1.76. The van der Waals surface area contributed by atoms with Crippen LogP contribution in [0.15, 0.2) is 24.3 Å². The average Bonchev–Trinajstić information content (AvgIpc) is 2.23. The van der Waals surface area contributed by atoms with Crippen LogP contribution < -0.4 is 0 Å². The van der Waals surface area contributed by atoms with Crippen LogP contribution in [0, 0.1) is 6.92 Å². The predicted octanol–water partition coefficient (Wildman–Crippen LogP) is 2.86. The second-order valence-corrected chi connectivity index (χ2v) is 5.29. The van der Waals surface area contributed by atoms with Gasteiger partial charge in [-0.15, -0.1) is 0 Å². The molecule has 1 aromatic rings. The van der Waals surface area contributed by atoms with Crippen LogP contribution in [-0.4, -0.2) is 23.9 Å². The van der Waals surface area contributed by atoms with Gasteiger partial charge in [-0.25, -0.2) is 0 Å². The maximum Gasteiger partial charge on any atom is 0.0703 e. The molecule has 0 bridgehead atoms. The molecular weight excluding hydrogens is 212 g/mol. The van der Waals surface area contributed by atoms with Gasteiger partial charge in [-0.05, 0) is 38.2 Å². The number of aryl methyl sites for hydroxylation is 1. The van der Waals surface area contributed by atoms with Gasteiger partial charge in [0.1, 0.15) is 0 Å². The van der Waals surface area contributed by atoms with Gasteiger partial charge in [0.2, 0.25) is 0 Å². The number of methoxy groups -OCH3 is 1. The minimum Gasteiger partial charge on any atom is -0.393 e. The fourth-order valence-electron chi connectivity index (χ4n) is 2.68. The lowest BCUT2D eigenvalue weighted by Gasteiger charge is -2.41. The second-order valence-electron chi connectivity index (χ2n) is 5.29. The summed E-state index contributed by atoms with van der Waals surface area (Å²) in [6.45, 7) is 2.08. The van der Waals surface area contributed by atoms with Crippen LogP contribution in [0.4, 0.5) is 0 Å². The van der Waals surface area contributed by atoms with E-state index in [1.807, 2.05) is 6.07 Å². The molecule has 1 N–H and O–H groups in total. The first-order valence-electron chi connectivity index (χ1n) is 6.42. The molecular formula is C15H22O2. The summed E-state index contributed by atoms with van der Waals surface area (Å²) in [6.07, 6.45) is 4.61. The standard InChI is InChI=1S/C15H22O2/c1-12-5-3-6-13(9-12)10-14(16)11-15(17-2)7-4-8-15/h3,5-6,9,14,16H,4,7-8,10-11H2,1-2H3. The van der Waals surface area contributed by atoms with Crippen molar-refractivity contribution in [3.63, 3.8) is 0 Å². The van der Waals surface area contributed by atoms with E-state index in [1.165, 1.54) is 17.5 Å². The molecule has 0 aromatic heterocycles. The summed E-state index contributed by atoms with van der Waals surface area (Å²) >= 11 is 0. The molecule has 0 spiro atoms. The van der Waals surface area contributed by atoms with E-state index in [1.54, 1.807) is 7.11 Å². The quantitative estimate of drug-likeness (QED) is 0.849. The Morgan fingerprint density at radius 2 is 2.18 bits per heavy atom. The van der Waals surface area contributed by atoms with Crippen molar-refractivity contribution in [1.29, 1.82) is 0 Å². The minimum atomic E-state index is -0.294. The van der Waals surface area contributed by atoms with Gasteiger partial charge in [0.25, 0.3) is 0 Å². The average molecular weight is 234 g/mol. The zero-order valence-corrected chi connectivity index (χ0v) is 10.8. The lowest BCUT2D eigenvalue weighted by atomic mass is 9.75. The molecule has 1 fully saturated rings. The van der Waals surface area contributed by atoms with Crippen molar-refractivity contribution in [1.82, 2.24) is 0 Å². The van der Waals surface area contributed by atoms with Crippen molar-refractivity contribution in [2.24, 2.45) is 0 Å². The number of aliphatic hydroxyl groups excluding tert-OH is 1. The van der Waals surface area contributed by atoms with E-state index in [9.17, 15) is 5.11 Å². The van der Waals surface area contributed by atoms with Crippen molar-refractivity contribution in [3.05, 3.63) is 35.4 Å². The fourth-order valence-corrected chi connectivity index (χ4v) is 2.68. The smallest absolute Gasteiger partial charge is 0.0703 e. The maximum absolute atomic E-state index is 10.1. The molecule has 2 nitrogen and oxygen atoms in total. The van der Waals surface area contributed by atoms with Gasteiger partial charge in [0.05, 0.1) is 11.7 Å². The molecule has 1 aromatic carbocycles. The molecule has 94 valence electrons. The minimum absolute atomic E-state index is 0.0385. The van der Waals surface area contributed by atoms with Crippen LogP contribution in [0.3, 0.4) is 0 Å². The zero-order chi connectivity index (χ0) is 12.3. The summed E-state index contributed by atoms with van der Waals surface area (Å²) in [5.74, 6) is 0. The summed E-state index contributed by atoms with van der Waals surface area (Å²) in [5.41, 5.74) is 2.42. The Morgan fingerprint density at radius 1 is 1.41 bits per heavy atom. The van der Waals surface area contributed by atoms with Gasteiger partial charge in [0, 0.05) is 13.5 Å². The number of benzene rings is 1. The molecule has 1 aliphatic carbocycles. The summed E-state index contributed by atoms with van der Waals surface area (Å²) in [6, 6.07) is 8.35. The molecule has 0 radical (unpaired) electrons. The topological polar surface area (TPSA) is 29.5 Å². The highest BCUT2D eigenvalue weighted by molar-refractivity contribution is 5.22. The number of hydrogen-bond donors (Lipinski definition) is 1. The number of hydrogen-bond acceptors (Lipinski definition) is 2. The predicted molar refractivity (Wildman–Crippen MR) is 69.1 cm³/mol. The van der Waals surface area contributed by atoms with E-state index < -0.39 is 0 Å². The fraction of sp³-hybridized carbons (Fsp3) is 0.600. The Balaban J connectivity index is 1.90. The Kier molecular flexibility index (Phi) is 3.85. The highest BCUT2D eigenvalue weighted by Crippen LogP contribution is 2.39. The van der Waals surface area contributed by atoms with Crippen molar-refractivity contribution >= 4 is 0 Å². The SMILES string of the molecule is COC1(CC(O)Cc2cccc(C)c2)CCC1. The molecule has 0 saturated heterocycles. The molecule has 0 aliphatic heterocycles. The molecule has 1 unspecified atom stereocenters. The van der Waals surface area contributed by atoms with Crippen molar-refractivity contribution in [2.45, 2.75) is 50.7 Å². The summed E-state index contributed by atoms with van der Waals surface area (Å²) in [4.78, 5) is 0. The summed E-state index contributed by atoms with van der Waals surface area (Å²) < 4.78 is 5.55. The second kappa shape index (κ2) is 5.19. The van der Waals surface area contributed by atoms with Gasteiger partial charge >= 0.3 is 0 Å². The van der Waals surface area contributed by atoms with Crippen molar-refractivity contribution < 1.29 is 9.84 Å². The molecule has 1 atom stereocenters. The van der Waals surface area contributed by atoms with Crippen LogP contribution in [-0.2, 0) is 11.2 Å². The van der Waals surface area contributed by atoms with E-state index in [4.69, 9.17) is 4.74 Å². The van der Waals surface area contributed by atoms with E-state index in [0.29, 0.717) is 0 Å². The number of aliphatic hydroxyl groups is 1. The molecule has 1 saturated carbocycles. The van der Waals surface area contributed by atoms with E-state index in [2.05, 4.69) is 25.1 Å². The number of ether oxygens (including phenoxy) is 1. The number of rotatable bonds is 5. The first kappa shape index (κ1) is 12.6. The zero-order valence-electron chi connectivity index (χ0n) is 10.8. The lowest BCUT2D eigenvalue weighted by Crippen LogP contribution is -2.42.